The van der Waals surface area contributed by atoms with Crippen molar-refractivity contribution in [3.05, 3.63) is 35.4 Å². The lowest BCUT2D eigenvalue weighted by Crippen LogP contribution is -2.56. The van der Waals surface area contributed by atoms with E-state index in [9.17, 15) is 37.8 Å². The number of amides is 1. The molecule has 3 atom stereocenters. The van der Waals surface area contributed by atoms with Gasteiger partial charge in [0.05, 0.1) is 11.5 Å². The molecule has 3 unspecified atom stereocenters. The second kappa shape index (κ2) is 7.44. The third-order valence-electron chi connectivity index (χ3n) is 5.15. The Morgan fingerprint density at radius 1 is 1.18 bits per heavy atom. The van der Waals surface area contributed by atoms with Crippen molar-refractivity contribution >= 4 is 17.8 Å². The summed E-state index contributed by atoms with van der Waals surface area (Å²) >= 11 is 0. The smallest absolute Gasteiger partial charge is 0.416 e. The first-order valence-electron chi connectivity index (χ1n) is 8.78. The first kappa shape index (κ1) is 21.7. The van der Waals surface area contributed by atoms with Crippen LogP contribution in [-0.4, -0.2) is 44.5 Å². The number of likely N-dealkylation sites (tertiary alicyclic amines) is 1. The topological polar surface area (TPSA) is 94.9 Å². The highest BCUT2D eigenvalue weighted by Crippen LogP contribution is 2.43. The number of hydrogen-bond donors (Lipinski definition) is 2. The van der Waals surface area contributed by atoms with E-state index in [0.717, 1.165) is 29.2 Å². The minimum Gasteiger partial charge on any atom is -0.481 e. The van der Waals surface area contributed by atoms with Crippen LogP contribution in [0, 0.1) is 11.8 Å². The summed E-state index contributed by atoms with van der Waals surface area (Å²) in [6.45, 7) is 4.96. The molecule has 1 aliphatic heterocycles. The van der Waals surface area contributed by atoms with E-state index in [1.807, 2.05) is 0 Å². The van der Waals surface area contributed by atoms with Crippen LogP contribution in [0.15, 0.2) is 24.3 Å². The van der Waals surface area contributed by atoms with Crippen molar-refractivity contribution in [3.63, 3.8) is 0 Å². The third-order valence-corrected chi connectivity index (χ3v) is 5.15. The van der Waals surface area contributed by atoms with Gasteiger partial charge in [-0.25, -0.2) is 4.79 Å². The molecule has 0 aromatic heterocycles. The Morgan fingerprint density at radius 2 is 1.71 bits per heavy atom. The van der Waals surface area contributed by atoms with Gasteiger partial charge in [-0.1, -0.05) is 13.8 Å². The predicted octanol–water partition coefficient (Wildman–Crippen LogP) is 3.51. The van der Waals surface area contributed by atoms with Crippen molar-refractivity contribution in [1.29, 1.82) is 0 Å². The Balaban J connectivity index is 2.51. The minimum atomic E-state index is -4.57. The maximum atomic E-state index is 13.1. The van der Waals surface area contributed by atoms with Crippen LogP contribution >= 0.6 is 0 Å². The van der Waals surface area contributed by atoms with Crippen LogP contribution in [0.25, 0.3) is 0 Å². The number of aliphatic carboxylic acids is 2. The van der Waals surface area contributed by atoms with Gasteiger partial charge in [-0.2, -0.15) is 13.2 Å². The fraction of sp³-hybridized carbons (Fsp3) is 0.526. The summed E-state index contributed by atoms with van der Waals surface area (Å²) in [6, 6.07) is 2.52. The molecular weight excluding hydrogens is 379 g/mol. The Bertz CT molecular complexity index is 775. The van der Waals surface area contributed by atoms with E-state index in [1.165, 1.54) is 6.92 Å². The van der Waals surface area contributed by atoms with Crippen LogP contribution in [0.2, 0.25) is 0 Å². The van der Waals surface area contributed by atoms with E-state index in [4.69, 9.17) is 0 Å². The van der Waals surface area contributed by atoms with Gasteiger partial charge in [0.15, 0.2) is 0 Å². The van der Waals surface area contributed by atoms with E-state index in [-0.39, 0.29) is 24.3 Å². The highest BCUT2D eigenvalue weighted by Gasteiger charge is 2.59. The van der Waals surface area contributed by atoms with Crippen LogP contribution in [0.3, 0.4) is 0 Å². The molecule has 9 heteroatoms. The summed E-state index contributed by atoms with van der Waals surface area (Å²) in [6.07, 6.45) is -4.80. The number of hydrogen-bond acceptors (Lipinski definition) is 3. The average molecular weight is 401 g/mol. The molecule has 1 aliphatic rings. The number of carbonyl (C=O) groups is 3. The van der Waals surface area contributed by atoms with E-state index in [1.54, 1.807) is 13.8 Å². The Morgan fingerprint density at radius 3 is 2.11 bits per heavy atom. The maximum absolute atomic E-state index is 13.1. The molecule has 0 spiro atoms. The number of alkyl halides is 3. The molecule has 1 fully saturated rings. The van der Waals surface area contributed by atoms with Gasteiger partial charge in [0.2, 0.25) is 0 Å². The number of benzene rings is 1. The van der Waals surface area contributed by atoms with Crippen LogP contribution < -0.4 is 0 Å². The lowest BCUT2D eigenvalue weighted by molar-refractivity contribution is -0.150. The summed E-state index contributed by atoms with van der Waals surface area (Å²) in [5.41, 5.74) is -2.80. The second-order valence-electron chi connectivity index (χ2n) is 7.57. The van der Waals surface area contributed by atoms with E-state index in [0.29, 0.717) is 0 Å². The van der Waals surface area contributed by atoms with Crippen molar-refractivity contribution in [1.82, 2.24) is 4.90 Å². The Labute approximate surface area is 159 Å². The van der Waals surface area contributed by atoms with Crippen LogP contribution in [0.1, 0.15) is 49.5 Å². The SMILES string of the molecule is CC(C)CC1(C(=O)O)CC(C(=O)O)C(C)N1C(=O)c1ccc(C(F)(F)F)cc1. The number of rotatable bonds is 5. The van der Waals surface area contributed by atoms with Crippen molar-refractivity contribution in [2.24, 2.45) is 11.8 Å². The number of carboxylic acids is 2. The standard InChI is InChI=1S/C19H22F3NO5/c1-10(2)8-18(17(27)28)9-14(16(25)26)11(3)23(18)15(24)12-4-6-13(7-5-12)19(20,21)22/h4-7,10-11,14H,8-9H2,1-3H3,(H,25,26)(H,27,28). The number of carboxylic acid groups (broad SMARTS) is 2. The highest BCUT2D eigenvalue weighted by molar-refractivity contribution is 5.99. The summed E-state index contributed by atoms with van der Waals surface area (Å²) in [5, 5.41) is 19.4. The largest absolute Gasteiger partial charge is 0.481 e. The monoisotopic (exact) mass is 401 g/mol. The van der Waals surface area contributed by atoms with Gasteiger partial charge in [0, 0.05) is 11.6 Å². The highest BCUT2D eigenvalue weighted by atomic mass is 19.4. The van der Waals surface area contributed by atoms with Crippen molar-refractivity contribution < 1.29 is 37.8 Å². The molecular formula is C19H22F3NO5. The van der Waals surface area contributed by atoms with E-state index < -0.39 is 47.1 Å². The van der Waals surface area contributed by atoms with Crippen LogP contribution in [-0.2, 0) is 15.8 Å². The molecule has 0 aliphatic carbocycles. The van der Waals surface area contributed by atoms with Crippen LogP contribution in [0.5, 0.6) is 0 Å². The van der Waals surface area contributed by atoms with Crippen molar-refractivity contribution in [2.75, 3.05) is 0 Å². The van der Waals surface area contributed by atoms with Gasteiger partial charge in [-0.3, -0.25) is 9.59 Å². The molecule has 0 bridgehead atoms. The fourth-order valence-corrected chi connectivity index (χ4v) is 3.95. The molecule has 2 rings (SSSR count). The molecule has 6 nitrogen and oxygen atoms in total. The minimum absolute atomic E-state index is 0.0306. The van der Waals surface area contributed by atoms with Gasteiger partial charge in [-0.15, -0.1) is 0 Å². The average Bonchev–Trinajstić information content (AvgIpc) is 2.86. The molecule has 2 N–H and O–H groups in total. The summed E-state index contributed by atoms with van der Waals surface area (Å²) < 4.78 is 38.3. The zero-order chi connectivity index (χ0) is 21.4. The molecule has 0 radical (unpaired) electrons. The Kier molecular flexibility index (Phi) is 5.77. The first-order chi connectivity index (χ1) is 12.8. The lowest BCUT2D eigenvalue weighted by atomic mass is 9.83. The maximum Gasteiger partial charge on any atom is 0.416 e. The predicted molar refractivity (Wildman–Crippen MR) is 92.6 cm³/mol. The summed E-state index contributed by atoms with van der Waals surface area (Å²) in [5.74, 6) is -4.58. The van der Waals surface area contributed by atoms with Gasteiger partial charge >= 0.3 is 18.1 Å². The molecule has 1 heterocycles. The summed E-state index contributed by atoms with van der Waals surface area (Å²) in [4.78, 5) is 37.9. The van der Waals surface area contributed by atoms with Crippen molar-refractivity contribution in [2.45, 2.75) is 51.4 Å². The van der Waals surface area contributed by atoms with Crippen molar-refractivity contribution in [3.8, 4) is 0 Å². The number of halogens is 3. The molecule has 1 saturated heterocycles. The molecule has 28 heavy (non-hydrogen) atoms. The molecule has 154 valence electrons. The fourth-order valence-electron chi connectivity index (χ4n) is 3.95. The quantitative estimate of drug-likeness (QED) is 0.787. The number of carbonyl (C=O) groups excluding carboxylic acids is 1. The van der Waals surface area contributed by atoms with Gasteiger partial charge in [-0.05, 0) is 49.9 Å². The zero-order valence-electron chi connectivity index (χ0n) is 15.7. The van der Waals surface area contributed by atoms with Gasteiger partial charge in [0.1, 0.15) is 5.54 Å². The second-order valence-corrected chi connectivity index (χ2v) is 7.57. The zero-order valence-corrected chi connectivity index (χ0v) is 15.7. The molecule has 1 aromatic carbocycles. The van der Waals surface area contributed by atoms with Gasteiger partial charge < -0.3 is 15.1 Å². The normalized spacial score (nSPS) is 25.2. The van der Waals surface area contributed by atoms with Crippen LogP contribution in [0.4, 0.5) is 13.2 Å². The van der Waals surface area contributed by atoms with Gasteiger partial charge in [0.25, 0.3) is 5.91 Å². The Hall–Kier alpha value is -2.58. The molecule has 1 amide bonds. The first-order valence-corrected chi connectivity index (χ1v) is 8.78. The number of nitrogens with zero attached hydrogens (tertiary/aromatic N) is 1. The van der Waals surface area contributed by atoms with E-state index >= 15 is 0 Å². The molecule has 1 aromatic rings. The summed E-state index contributed by atoms with van der Waals surface area (Å²) in [7, 11) is 0. The third kappa shape index (κ3) is 3.83. The lowest BCUT2D eigenvalue weighted by Gasteiger charge is -2.38. The van der Waals surface area contributed by atoms with E-state index in [2.05, 4.69) is 0 Å². The molecule has 0 saturated carbocycles.